The number of ether oxygens (including phenoxy) is 4. The first kappa shape index (κ1) is 13.6. The molecular formula is C10H14O7. The summed E-state index contributed by atoms with van der Waals surface area (Å²) in [7, 11) is 1.33. The predicted molar refractivity (Wildman–Crippen MR) is 52.8 cm³/mol. The first-order valence-electron chi connectivity index (χ1n) is 4.97. The van der Waals surface area contributed by atoms with Gasteiger partial charge < -0.3 is 23.7 Å². The largest absolute Gasteiger partial charge is 0.455 e. The molecule has 7 nitrogen and oxygen atoms in total. The van der Waals surface area contributed by atoms with Crippen LogP contribution in [0.3, 0.4) is 0 Å². The van der Waals surface area contributed by atoms with E-state index in [-0.39, 0.29) is 0 Å². The molecule has 1 heterocycles. The highest BCUT2D eigenvalue weighted by Gasteiger charge is 2.49. The molecule has 0 bridgehead atoms. The van der Waals surface area contributed by atoms with E-state index in [1.165, 1.54) is 21.0 Å². The molecule has 1 aliphatic heterocycles. The molecule has 0 N–H and O–H groups in total. The van der Waals surface area contributed by atoms with Crippen molar-refractivity contribution in [1.82, 2.24) is 0 Å². The Morgan fingerprint density at radius 3 is 2.06 bits per heavy atom. The highest BCUT2D eigenvalue weighted by Crippen LogP contribution is 2.26. The fourth-order valence-electron chi connectivity index (χ4n) is 1.59. The highest BCUT2D eigenvalue weighted by molar-refractivity contribution is 5.69. The molecule has 0 aromatic heterocycles. The maximum absolute atomic E-state index is 10.9. The Hall–Kier alpha value is -1.47. The van der Waals surface area contributed by atoms with Crippen LogP contribution in [0.5, 0.6) is 0 Å². The van der Waals surface area contributed by atoms with Gasteiger partial charge in [0, 0.05) is 21.0 Å². The summed E-state index contributed by atoms with van der Waals surface area (Å²) in [6, 6.07) is 0. The number of carbonyl (C=O) groups is 3. The van der Waals surface area contributed by atoms with E-state index in [1.54, 1.807) is 0 Å². The summed E-state index contributed by atoms with van der Waals surface area (Å²) >= 11 is 0. The Morgan fingerprint density at radius 1 is 1.12 bits per heavy atom. The van der Waals surface area contributed by atoms with Crippen LogP contribution in [0.2, 0.25) is 0 Å². The van der Waals surface area contributed by atoms with Crippen LogP contribution in [0.15, 0.2) is 0 Å². The first-order valence-corrected chi connectivity index (χ1v) is 4.97. The number of esters is 2. The molecule has 4 atom stereocenters. The van der Waals surface area contributed by atoms with Crippen molar-refractivity contribution < 1.29 is 33.3 Å². The third-order valence-electron chi connectivity index (χ3n) is 2.18. The van der Waals surface area contributed by atoms with Gasteiger partial charge in [0.05, 0.1) is 0 Å². The van der Waals surface area contributed by atoms with E-state index in [2.05, 4.69) is 0 Å². The molecule has 96 valence electrons. The maximum Gasteiger partial charge on any atom is 0.303 e. The number of methoxy groups -OCH3 is 1. The SMILES string of the molecule is CO[C@@H]1O[C@H](C=O)[C@@H](OC(C)=O)[C@H]1OC(C)=O. The lowest BCUT2D eigenvalue weighted by molar-refractivity contribution is -0.180. The van der Waals surface area contributed by atoms with Crippen LogP contribution in [0, 0.1) is 0 Å². The average molecular weight is 246 g/mol. The van der Waals surface area contributed by atoms with Crippen molar-refractivity contribution in [3.05, 3.63) is 0 Å². The van der Waals surface area contributed by atoms with Gasteiger partial charge in [0.15, 0.2) is 30.9 Å². The van der Waals surface area contributed by atoms with E-state index in [4.69, 9.17) is 18.9 Å². The van der Waals surface area contributed by atoms with Crippen molar-refractivity contribution in [2.45, 2.75) is 38.4 Å². The number of carbonyl (C=O) groups excluding carboxylic acids is 3. The van der Waals surface area contributed by atoms with E-state index in [0.29, 0.717) is 6.29 Å². The number of hydrogen-bond acceptors (Lipinski definition) is 7. The number of rotatable bonds is 4. The average Bonchev–Trinajstić information content (AvgIpc) is 2.55. The molecule has 1 rings (SSSR count). The van der Waals surface area contributed by atoms with Crippen molar-refractivity contribution >= 4 is 18.2 Å². The fraction of sp³-hybridized carbons (Fsp3) is 0.700. The third kappa shape index (κ3) is 3.24. The Kier molecular flexibility index (Phi) is 4.59. The Morgan fingerprint density at radius 2 is 1.65 bits per heavy atom. The van der Waals surface area contributed by atoms with E-state index in [0.717, 1.165) is 0 Å². The normalized spacial score (nSPS) is 31.9. The standard InChI is InChI=1S/C10H14O7/c1-5(12)15-8-7(4-11)17-10(14-3)9(8)16-6(2)13/h4,7-10H,1-3H3/t7-,8-,9-,10-/m1/s1. The van der Waals surface area contributed by atoms with Crippen molar-refractivity contribution in [3.8, 4) is 0 Å². The molecule has 1 fully saturated rings. The molecule has 17 heavy (non-hydrogen) atoms. The van der Waals surface area contributed by atoms with Crippen molar-refractivity contribution in [1.29, 1.82) is 0 Å². The van der Waals surface area contributed by atoms with Gasteiger partial charge in [-0.15, -0.1) is 0 Å². The topological polar surface area (TPSA) is 88.1 Å². The summed E-state index contributed by atoms with van der Waals surface area (Å²) in [6.07, 6.45) is -3.40. The molecular weight excluding hydrogens is 232 g/mol. The second-order valence-electron chi connectivity index (χ2n) is 3.49. The van der Waals surface area contributed by atoms with Gasteiger partial charge in [0.25, 0.3) is 0 Å². The molecule has 0 spiro atoms. The summed E-state index contributed by atoms with van der Waals surface area (Å²) < 4.78 is 19.9. The van der Waals surface area contributed by atoms with Crippen LogP contribution in [-0.4, -0.2) is 49.9 Å². The molecule has 0 aromatic rings. The maximum atomic E-state index is 10.9. The van der Waals surface area contributed by atoms with E-state index in [9.17, 15) is 14.4 Å². The van der Waals surface area contributed by atoms with E-state index >= 15 is 0 Å². The second kappa shape index (κ2) is 5.74. The van der Waals surface area contributed by atoms with E-state index in [1.807, 2.05) is 0 Å². The van der Waals surface area contributed by atoms with Crippen LogP contribution in [0.25, 0.3) is 0 Å². The summed E-state index contributed by atoms with van der Waals surface area (Å²) in [5, 5.41) is 0. The molecule has 1 aliphatic rings. The molecule has 7 heteroatoms. The lowest BCUT2D eigenvalue weighted by Gasteiger charge is -2.21. The van der Waals surface area contributed by atoms with Crippen molar-refractivity contribution in [2.24, 2.45) is 0 Å². The van der Waals surface area contributed by atoms with Gasteiger partial charge in [-0.25, -0.2) is 0 Å². The second-order valence-corrected chi connectivity index (χ2v) is 3.49. The minimum Gasteiger partial charge on any atom is -0.455 e. The van der Waals surface area contributed by atoms with Gasteiger partial charge in [0.2, 0.25) is 0 Å². The Balaban J connectivity index is 2.86. The van der Waals surface area contributed by atoms with Gasteiger partial charge in [-0.1, -0.05) is 0 Å². The van der Waals surface area contributed by atoms with Gasteiger partial charge >= 0.3 is 11.9 Å². The molecule has 0 saturated carbocycles. The van der Waals surface area contributed by atoms with E-state index < -0.39 is 36.5 Å². The highest BCUT2D eigenvalue weighted by atomic mass is 16.7. The van der Waals surface area contributed by atoms with Gasteiger partial charge in [-0.05, 0) is 0 Å². The lowest BCUT2D eigenvalue weighted by atomic mass is 10.1. The van der Waals surface area contributed by atoms with Gasteiger partial charge in [-0.2, -0.15) is 0 Å². The summed E-state index contributed by atoms with van der Waals surface area (Å²) in [5.41, 5.74) is 0. The fourth-order valence-corrected chi connectivity index (χ4v) is 1.59. The lowest BCUT2D eigenvalue weighted by Crippen LogP contribution is -2.40. The minimum atomic E-state index is -1.01. The molecule has 0 radical (unpaired) electrons. The van der Waals surface area contributed by atoms with Gasteiger partial charge in [0.1, 0.15) is 0 Å². The molecule has 1 saturated heterocycles. The molecule has 0 amide bonds. The quantitative estimate of drug-likeness (QED) is 0.484. The Bertz CT molecular complexity index is 314. The predicted octanol–water partition coefficient (Wildman–Crippen LogP) is -0.580. The van der Waals surface area contributed by atoms with Crippen LogP contribution >= 0.6 is 0 Å². The minimum absolute atomic E-state index is 0.475. The number of aldehydes is 1. The molecule has 0 aromatic carbocycles. The summed E-state index contributed by atoms with van der Waals surface area (Å²) in [4.78, 5) is 32.6. The molecule has 0 unspecified atom stereocenters. The first-order chi connectivity index (χ1) is 7.99. The van der Waals surface area contributed by atoms with Crippen molar-refractivity contribution in [2.75, 3.05) is 7.11 Å². The summed E-state index contributed by atoms with van der Waals surface area (Å²) in [5.74, 6) is -1.18. The third-order valence-corrected chi connectivity index (χ3v) is 2.18. The smallest absolute Gasteiger partial charge is 0.303 e. The van der Waals surface area contributed by atoms with Crippen molar-refractivity contribution in [3.63, 3.8) is 0 Å². The van der Waals surface area contributed by atoms with Crippen LogP contribution in [-0.2, 0) is 33.3 Å². The monoisotopic (exact) mass is 246 g/mol. The van der Waals surface area contributed by atoms with Crippen LogP contribution < -0.4 is 0 Å². The molecule has 0 aliphatic carbocycles. The van der Waals surface area contributed by atoms with Crippen LogP contribution in [0.1, 0.15) is 13.8 Å². The van der Waals surface area contributed by atoms with Gasteiger partial charge in [-0.3, -0.25) is 9.59 Å². The zero-order valence-corrected chi connectivity index (χ0v) is 9.74. The summed E-state index contributed by atoms with van der Waals surface area (Å²) in [6.45, 7) is 2.39. The zero-order valence-electron chi connectivity index (χ0n) is 9.74. The Labute approximate surface area is 98.0 Å². The van der Waals surface area contributed by atoms with Crippen LogP contribution in [0.4, 0.5) is 0 Å². The number of hydrogen-bond donors (Lipinski definition) is 0. The zero-order chi connectivity index (χ0) is 13.0.